The lowest BCUT2D eigenvalue weighted by Crippen LogP contribution is -2.22. The second-order valence-electron chi connectivity index (χ2n) is 6.31. The van der Waals surface area contributed by atoms with Crippen molar-refractivity contribution in [2.45, 2.75) is 19.8 Å². The molecule has 1 amide bonds. The number of anilines is 1. The number of benzene rings is 2. The van der Waals surface area contributed by atoms with Crippen molar-refractivity contribution in [3.8, 4) is 11.8 Å². The van der Waals surface area contributed by atoms with Crippen LogP contribution < -0.4 is 10.1 Å². The highest BCUT2D eigenvalue weighted by Crippen LogP contribution is 2.23. The minimum Gasteiger partial charge on any atom is -0.497 e. The van der Waals surface area contributed by atoms with E-state index in [4.69, 9.17) is 9.47 Å². The van der Waals surface area contributed by atoms with Gasteiger partial charge in [-0.1, -0.05) is 44.2 Å². The largest absolute Gasteiger partial charge is 0.497 e. The van der Waals surface area contributed by atoms with Crippen molar-refractivity contribution in [2.24, 2.45) is 0 Å². The standard InChI is InChI=1S/C22H22N2O4/c1-15(2)19-9-4-5-10-20(19)24-21(25)14-28-22(26)17(13-23)11-16-7-6-8-18(12-16)27-3/h4-12,15H,14H2,1-3H3,(H,24,25)/b17-11+. The number of carbonyl (C=O) groups is 2. The summed E-state index contributed by atoms with van der Waals surface area (Å²) in [6, 6.07) is 16.1. The number of esters is 1. The Hall–Kier alpha value is -3.59. The van der Waals surface area contributed by atoms with E-state index in [2.05, 4.69) is 5.32 Å². The van der Waals surface area contributed by atoms with Gasteiger partial charge >= 0.3 is 5.97 Å². The van der Waals surface area contributed by atoms with Crippen LogP contribution in [-0.2, 0) is 14.3 Å². The smallest absolute Gasteiger partial charge is 0.349 e. The van der Waals surface area contributed by atoms with Crippen molar-refractivity contribution in [1.29, 1.82) is 5.26 Å². The Labute approximate surface area is 164 Å². The molecule has 0 aliphatic heterocycles. The van der Waals surface area contributed by atoms with E-state index in [0.29, 0.717) is 17.0 Å². The van der Waals surface area contributed by atoms with Crippen LogP contribution in [-0.4, -0.2) is 25.6 Å². The average Bonchev–Trinajstić information content (AvgIpc) is 2.70. The van der Waals surface area contributed by atoms with Crippen LogP contribution in [0.15, 0.2) is 54.1 Å². The molecule has 0 aromatic heterocycles. The number of nitrogens with zero attached hydrogens (tertiary/aromatic N) is 1. The van der Waals surface area contributed by atoms with E-state index >= 15 is 0 Å². The molecule has 2 rings (SSSR count). The number of nitriles is 1. The van der Waals surface area contributed by atoms with Gasteiger partial charge in [-0.3, -0.25) is 4.79 Å². The minimum atomic E-state index is -0.863. The number of carbonyl (C=O) groups excluding carboxylic acids is 2. The van der Waals surface area contributed by atoms with Crippen LogP contribution in [0.25, 0.3) is 6.08 Å². The van der Waals surface area contributed by atoms with Crippen molar-refractivity contribution in [3.05, 3.63) is 65.2 Å². The molecular weight excluding hydrogens is 356 g/mol. The first-order chi connectivity index (χ1) is 13.4. The molecule has 144 valence electrons. The molecule has 1 N–H and O–H groups in total. The third-order valence-electron chi connectivity index (χ3n) is 3.94. The van der Waals surface area contributed by atoms with Crippen LogP contribution in [0.3, 0.4) is 0 Å². The summed E-state index contributed by atoms with van der Waals surface area (Å²) in [5.74, 6) is -0.504. The highest BCUT2D eigenvalue weighted by molar-refractivity contribution is 6.00. The Morgan fingerprint density at radius 2 is 1.93 bits per heavy atom. The maximum atomic E-state index is 12.1. The molecule has 6 nitrogen and oxygen atoms in total. The highest BCUT2D eigenvalue weighted by Gasteiger charge is 2.15. The van der Waals surface area contributed by atoms with Gasteiger partial charge in [-0.2, -0.15) is 5.26 Å². The van der Waals surface area contributed by atoms with Gasteiger partial charge in [-0.25, -0.2) is 4.79 Å². The van der Waals surface area contributed by atoms with Crippen molar-refractivity contribution >= 4 is 23.6 Å². The van der Waals surface area contributed by atoms with Gasteiger partial charge in [0.1, 0.15) is 17.4 Å². The lowest BCUT2D eigenvalue weighted by atomic mass is 10.0. The Morgan fingerprint density at radius 3 is 2.61 bits per heavy atom. The molecule has 0 saturated carbocycles. The van der Waals surface area contributed by atoms with Crippen LogP contribution in [0.5, 0.6) is 5.75 Å². The SMILES string of the molecule is COc1cccc(/C=C(\C#N)C(=O)OCC(=O)Nc2ccccc2C(C)C)c1. The molecule has 0 heterocycles. The molecule has 6 heteroatoms. The molecule has 2 aromatic rings. The van der Waals surface area contributed by atoms with E-state index in [-0.39, 0.29) is 11.5 Å². The van der Waals surface area contributed by atoms with E-state index in [1.807, 2.05) is 32.0 Å². The van der Waals surface area contributed by atoms with E-state index < -0.39 is 18.5 Å². The number of rotatable bonds is 7. The van der Waals surface area contributed by atoms with Crippen LogP contribution in [0.2, 0.25) is 0 Å². The van der Waals surface area contributed by atoms with Gasteiger partial charge in [-0.15, -0.1) is 0 Å². The van der Waals surface area contributed by atoms with Crippen molar-refractivity contribution in [2.75, 3.05) is 19.0 Å². The molecule has 0 atom stereocenters. The fourth-order valence-corrected chi connectivity index (χ4v) is 2.54. The summed E-state index contributed by atoms with van der Waals surface area (Å²) in [5, 5.41) is 12.0. The molecule has 28 heavy (non-hydrogen) atoms. The zero-order valence-electron chi connectivity index (χ0n) is 16.1. The van der Waals surface area contributed by atoms with Gasteiger partial charge in [0.2, 0.25) is 0 Å². The van der Waals surface area contributed by atoms with Crippen molar-refractivity contribution in [1.82, 2.24) is 0 Å². The monoisotopic (exact) mass is 378 g/mol. The minimum absolute atomic E-state index is 0.205. The summed E-state index contributed by atoms with van der Waals surface area (Å²) < 4.78 is 10.1. The molecule has 0 radical (unpaired) electrons. The predicted octanol–water partition coefficient (Wildman–Crippen LogP) is 3.91. The van der Waals surface area contributed by atoms with Crippen LogP contribution in [0, 0.1) is 11.3 Å². The Morgan fingerprint density at radius 1 is 1.18 bits per heavy atom. The van der Waals surface area contributed by atoms with Gasteiger partial charge in [0, 0.05) is 5.69 Å². The quantitative estimate of drug-likeness (QED) is 0.448. The first-order valence-corrected chi connectivity index (χ1v) is 8.76. The van der Waals surface area contributed by atoms with Crippen LogP contribution in [0.1, 0.15) is 30.9 Å². The molecule has 0 bridgehead atoms. The third-order valence-corrected chi connectivity index (χ3v) is 3.94. The molecule has 0 saturated heterocycles. The first-order valence-electron chi connectivity index (χ1n) is 8.76. The van der Waals surface area contributed by atoms with Crippen molar-refractivity contribution in [3.63, 3.8) is 0 Å². The topological polar surface area (TPSA) is 88.4 Å². The molecular formula is C22H22N2O4. The molecule has 0 unspecified atom stereocenters. The summed E-state index contributed by atoms with van der Waals surface area (Å²) in [6.45, 7) is 3.56. The molecule has 0 spiro atoms. The number of hydrogen-bond acceptors (Lipinski definition) is 5. The number of ether oxygens (including phenoxy) is 2. The third kappa shape index (κ3) is 5.71. The predicted molar refractivity (Wildman–Crippen MR) is 107 cm³/mol. The van der Waals surface area contributed by atoms with Gasteiger partial charge in [-0.05, 0) is 41.3 Å². The number of hydrogen-bond donors (Lipinski definition) is 1. The average molecular weight is 378 g/mol. The molecule has 2 aromatic carbocycles. The molecule has 0 aliphatic rings. The summed E-state index contributed by atoms with van der Waals surface area (Å²) in [6.07, 6.45) is 1.39. The van der Waals surface area contributed by atoms with Gasteiger partial charge in [0.05, 0.1) is 7.11 Å². The zero-order valence-corrected chi connectivity index (χ0v) is 16.1. The summed E-state index contributed by atoms with van der Waals surface area (Å²) >= 11 is 0. The lowest BCUT2D eigenvalue weighted by Gasteiger charge is -2.13. The van der Waals surface area contributed by atoms with E-state index in [1.54, 1.807) is 36.4 Å². The first kappa shape index (κ1) is 20.7. The van der Waals surface area contributed by atoms with E-state index in [0.717, 1.165) is 5.56 Å². The number of methoxy groups -OCH3 is 1. The maximum absolute atomic E-state index is 12.1. The number of nitrogens with one attached hydrogen (secondary N) is 1. The zero-order chi connectivity index (χ0) is 20.5. The van der Waals surface area contributed by atoms with E-state index in [1.165, 1.54) is 13.2 Å². The molecule has 0 aliphatic carbocycles. The maximum Gasteiger partial charge on any atom is 0.349 e. The van der Waals surface area contributed by atoms with Gasteiger partial charge in [0.25, 0.3) is 5.91 Å². The Bertz CT molecular complexity index is 926. The fraction of sp³-hybridized carbons (Fsp3) is 0.227. The fourth-order valence-electron chi connectivity index (χ4n) is 2.54. The lowest BCUT2D eigenvalue weighted by molar-refractivity contribution is -0.142. The second kappa shape index (κ2) is 9.93. The van der Waals surface area contributed by atoms with Gasteiger partial charge in [0.15, 0.2) is 6.61 Å². The Balaban J connectivity index is 2.01. The van der Waals surface area contributed by atoms with Crippen LogP contribution in [0.4, 0.5) is 5.69 Å². The summed E-state index contributed by atoms with van der Waals surface area (Å²) in [7, 11) is 1.53. The number of amides is 1. The Kier molecular flexibility index (Phi) is 7.35. The molecule has 0 fully saturated rings. The summed E-state index contributed by atoms with van der Waals surface area (Å²) in [5.41, 5.74) is 2.07. The number of para-hydroxylation sites is 1. The van der Waals surface area contributed by atoms with Crippen molar-refractivity contribution < 1.29 is 19.1 Å². The second-order valence-corrected chi connectivity index (χ2v) is 6.31. The van der Waals surface area contributed by atoms with Gasteiger partial charge < -0.3 is 14.8 Å². The van der Waals surface area contributed by atoms with E-state index in [9.17, 15) is 14.9 Å². The summed E-state index contributed by atoms with van der Waals surface area (Å²) in [4.78, 5) is 24.3. The van der Waals surface area contributed by atoms with Crippen LogP contribution >= 0.6 is 0 Å². The normalized spacial score (nSPS) is 10.9. The highest BCUT2D eigenvalue weighted by atomic mass is 16.5.